The highest BCUT2D eigenvalue weighted by molar-refractivity contribution is 5.92. The fourth-order valence-corrected chi connectivity index (χ4v) is 3.21. The molecule has 0 unspecified atom stereocenters. The molecule has 0 aliphatic carbocycles. The number of halogens is 1. The van der Waals surface area contributed by atoms with Crippen LogP contribution in [0.15, 0.2) is 10.6 Å². The van der Waals surface area contributed by atoms with Crippen LogP contribution < -0.4 is 5.32 Å². The van der Waals surface area contributed by atoms with Crippen LogP contribution in [0.2, 0.25) is 0 Å². The van der Waals surface area contributed by atoms with E-state index in [0.29, 0.717) is 29.9 Å². The molecular formula is C14H22ClN3O3. The topological polar surface area (TPSA) is 67.6 Å². The lowest BCUT2D eigenvalue weighted by atomic mass is 9.92. The van der Waals surface area contributed by atoms with Crippen molar-refractivity contribution in [1.82, 2.24) is 15.4 Å². The third kappa shape index (κ3) is 3.56. The molecule has 0 saturated carbocycles. The second kappa shape index (κ2) is 7.24. The molecule has 3 heterocycles. The van der Waals surface area contributed by atoms with Crippen LogP contribution in [-0.2, 0) is 11.3 Å². The summed E-state index contributed by atoms with van der Waals surface area (Å²) in [4.78, 5) is 14.3. The first kappa shape index (κ1) is 16.3. The van der Waals surface area contributed by atoms with Crippen LogP contribution in [-0.4, -0.2) is 49.3 Å². The van der Waals surface area contributed by atoms with Crippen molar-refractivity contribution >= 4 is 18.3 Å². The fourth-order valence-electron chi connectivity index (χ4n) is 3.21. The summed E-state index contributed by atoms with van der Waals surface area (Å²) in [5.74, 6) is 2.00. The largest absolute Gasteiger partial charge is 0.377 e. The van der Waals surface area contributed by atoms with E-state index in [0.717, 1.165) is 39.0 Å². The maximum Gasteiger partial charge on any atom is 0.276 e. The lowest BCUT2D eigenvalue weighted by Gasteiger charge is -2.19. The zero-order chi connectivity index (χ0) is 13.9. The van der Waals surface area contributed by atoms with Crippen LogP contribution >= 0.6 is 12.4 Å². The van der Waals surface area contributed by atoms with Gasteiger partial charge in [-0.15, -0.1) is 12.4 Å². The lowest BCUT2D eigenvalue weighted by Crippen LogP contribution is -2.33. The molecule has 2 fully saturated rings. The molecule has 1 amide bonds. The molecule has 1 aromatic heterocycles. The highest BCUT2D eigenvalue weighted by Gasteiger charge is 2.32. The number of carbonyl (C=O) groups excluding carboxylic acids is 1. The van der Waals surface area contributed by atoms with E-state index in [1.54, 1.807) is 13.2 Å². The number of rotatable bonds is 3. The minimum Gasteiger partial charge on any atom is -0.377 e. The summed E-state index contributed by atoms with van der Waals surface area (Å²) in [6.45, 7) is 4.15. The Kier molecular flexibility index (Phi) is 5.61. The van der Waals surface area contributed by atoms with Gasteiger partial charge in [0.25, 0.3) is 5.91 Å². The van der Waals surface area contributed by atoms with Gasteiger partial charge in [-0.1, -0.05) is 5.16 Å². The van der Waals surface area contributed by atoms with Crippen molar-refractivity contribution < 1.29 is 14.1 Å². The number of aromatic nitrogens is 1. The van der Waals surface area contributed by atoms with Gasteiger partial charge in [0.1, 0.15) is 6.61 Å². The normalized spacial score (nSPS) is 25.1. The minimum atomic E-state index is -0.0240. The summed E-state index contributed by atoms with van der Waals surface area (Å²) >= 11 is 0. The zero-order valence-corrected chi connectivity index (χ0v) is 13.0. The first-order chi connectivity index (χ1) is 9.78. The highest BCUT2D eigenvalue weighted by atomic mass is 35.5. The van der Waals surface area contributed by atoms with Gasteiger partial charge in [-0.3, -0.25) is 4.79 Å². The molecule has 1 N–H and O–H groups in total. The number of carbonyl (C=O) groups is 1. The number of nitrogens with one attached hydrogen (secondary N) is 1. The second-order valence-corrected chi connectivity index (χ2v) is 5.66. The van der Waals surface area contributed by atoms with Gasteiger partial charge < -0.3 is 19.5 Å². The van der Waals surface area contributed by atoms with Crippen LogP contribution in [0.3, 0.4) is 0 Å². The lowest BCUT2D eigenvalue weighted by molar-refractivity contribution is 0.0747. The quantitative estimate of drug-likeness (QED) is 0.911. The van der Waals surface area contributed by atoms with Gasteiger partial charge >= 0.3 is 0 Å². The van der Waals surface area contributed by atoms with Crippen LogP contribution in [0.4, 0.5) is 0 Å². The molecule has 118 valence electrons. The fraction of sp³-hybridized carbons (Fsp3) is 0.714. The van der Waals surface area contributed by atoms with Crippen molar-refractivity contribution in [3.05, 3.63) is 17.5 Å². The first-order valence-corrected chi connectivity index (χ1v) is 7.22. The molecule has 0 bridgehead atoms. The maximum atomic E-state index is 12.4. The van der Waals surface area contributed by atoms with E-state index in [4.69, 9.17) is 9.26 Å². The number of ether oxygens (including phenoxy) is 1. The number of hydrogen-bond donors (Lipinski definition) is 1. The van der Waals surface area contributed by atoms with Crippen molar-refractivity contribution in [2.45, 2.75) is 19.4 Å². The molecule has 2 aliphatic rings. The SMILES string of the molecule is COCc1cc(C(=O)N2CC[C@@H]3CNC[C@@H]3CC2)no1.Cl. The minimum absolute atomic E-state index is 0. The van der Waals surface area contributed by atoms with E-state index in [2.05, 4.69) is 10.5 Å². The Morgan fingerprint density at radius 3 is 2.71 bits per heavy atom. The van der Waals surface area contributed by atoms with Crippen LogP contribution in [0, 0.1) is 11.8 Å². The van der Waals surface area contributed by atoms with Gasteiger partial charge in [0.05, 0.1) is 0 Å². The predicted molar refractivity (Wildman–Crippen MR) is 79.5 cm³/mol. The molecule has 2 atom stereocenters. The average molecular weight is 316 g/mol. The number of amides is 1. The van der Waals surface area contributed by atoms with Gasteiger partial charge in [0.15, 0.2) is 11.5 Å². The molecule has 0 spiro atoms. The second-order valence-electron chi connectivity index (χ2n) is 5.66. The molecule has 6 nitrogen and oxygen atoms in total. The number of fused-ring (bicyclic) bond motifs is 1. The highest BCUT2D eigenvalue weighted by Crippen LogP contribution is 2.27. The summed E-state index contributed by atoms with van der Waals surface area (Å²) in [6, 6.07) is 1.68. The molecule has 3 rings (SSSR count). The van der Waals surface area contributed by atoms with Gasteiger partial charge in [-0.25, -0.2) is 0 Å². The molecule has 0 aromatic carbocycles. The van der Waals surface area contributed by atoms with E-state index in [1.807, 2.05) is 4.90 Å². The molecule has 0 radical (unpaired) electrons. The van der Waals surface area contributed by atoms with Crippen molar-refractivity contribution in [2.24, 2.45) is 11.8 Å². The summed E-state index contributed by atoms with van der Waals surface area (Å²) < 4.78 is 10.1. The van der Waals surface area contributed by atoms with Gasteiger partial charge in [0, 0.05) is 26.3 Å². The van der Waals surface area contributed by atoms with Gasteiger partial charge in [-0.2, -0.15) is 0 Å². The zero-order valence-electron chi connectivity index (χ0n) is 12.2. The Bertz CT molecular complexity index is 466. The van der Waals surface area contributed by atoms with Crippen molar-refractivity contribution in [3.8, 4) is 0 Å². The Morgan fingerprint density at radius 2 is 2.10 bits per heavy atom. The van der Waals surface area contributed by atoms with E-state index in [-0.39, 0.29) is 18.3 Å². The van der Waals surface area contributed by atoms with Crippen LogP contribution in [0.5, 0.6) is 0 Å². The molecular weight excluding hydrogens is 294 g/mol. The van der Waals surface area contributed by atoms with Crippen molar-refractivity contribution in [1.29, 1.82) is 0 Å². The van der Waals surface area contributed by atoms with E-state index >= 15 is 0 Å². The van der Waals surface area contributed by atoms with E-state index in [1.165, 1.54) is 0 Å². The van der Waals surface area contributed by atoms with Crippen molar-refractivity contribution in [3.63, 3.8) is 0 Å². The van der Waals surface area contributed by atoms with Gasteiger partial charge in [0.2, 0.25) is 0 Å². The monoisotopic (exact) mass is 315 g/mol. The summed E-state index contributed by atoms with van der Waals surface area (Å²) in [5, 5.41) is 7.29. The number of methoxy groups -OCH3 is 1. The molecule has 7 heteroatoms. The number of likely N-dealkylation sites (tertiary alicyclic amines) is 1. The smallest absolute Gasteiger partial charge is 0.276 e. The molecule has 21 heavy (non-hydrogen) atoms. The molecule has 2 aliphatic heterocycles. The third-order valence-corrected chi connectivity index (χ3v) is 4.37. The molecule has 1 aromatic rings. The van der Waals surface area contributed by atoms with E-state index < -0.39 is 0 Å². The standard InChI is InChI=1S/C14H21N3O3.ClH/c1-19-9-12-6-13(16-20-12)14(18)17-4-2-10-7-15-8-11(10)3-5-17;/h6,10-11,15H,2-5,7-9H2,1H3;1H/t10-,11+;. The summed E-state index contributed by atoms with van der Waals surface area (Å²) in [5.41, 5.74) is 0.391. The van der Waals surface area contributed by atoms with E-state index in [9.17, 15) is 4.79 Å². The Balaban J connectivity index is 0.00000161. The van der Waals surface area contributed by atoms with Gasteiger partial charge in [-0.05, 0) is 37.8 Å². The number of hydrogen-bond acceptors (Lipinski definition) is 5. The Hall–Kier alpha value is -1.11. The Labute approximate surface area is 130 Å². The average Bonchev–Trinajstić information content (AvgIpc) is 3.05. The van der Waals surface area contributed by atoms with Crippen LogP contribution in [0.1, 0.15) is 29.1 Å². The maximum absolute atomic E-state index is 12.4. The summed E-state index contributed by atoms with van der Waals surface area (Å²) in [7, 11) is 1.59. The third-order valence-electron chi connectivity index (χ3n) is 4.37. The predicted octanol–water partition coefficient (Wildman–Crippen LogP) is 1.31. The molecule has 2 saturated heterocycles. The van der Waals surface area contributed by atoms with Crippen LogP contribution in [0.25, 0.3) is 0 Å². The number of nitrogens with zero attached hydrogens (tertiary/aromatic N) is 2. The Morgan fingerprint density at radius 1 is 1.43 bits per heavy atom. The summed E-state index contributed by atoms with van der Waals surface area (Å²) in [6.07, 6.45) is 2.15. The van der Waals surface area contributed by atoms with Crippen molar-refractivity contribution in [2.75, 3.05) is 33.3 Å². The first-order valence-electron chi connectivity index (χ1n) is 7.22.